The Hall–Kier alpha value is -3.62. The number of hydrogen-bond acceptors (Lipinski definition) is 2. The van der Waals surface area contributed by atoms with Crippen molar-refractivity contribution in [1.29, 1.82) is 5.26 Å². The van der Waals surface area contributed by atoms with Crippen molar-refractivity contribution in [2.24, 2.45) is 0 Å². The van der Waals surface area contributed by atoms with E-state index in [-0.39, 0.29) is 5.57 Å². The van der Waals surface area contributed by atoms with Crippen LogP contribution < -0.4 is 5.32 Å². The number of aromatic nitrogens is 1. The number of rotatable bonds is 5. The highest BCUT2D eigenvalue weighted by Gasteiger charge is 2.16. The molecule has 0 unspecified atom stereocenters. The lowest BCUT2D eigenvalue weighted by Crippen LogP contribution is -2.13. The maximum absolute atomic E-state index is 12.7. The van der Waals surface area contributed by atoms with Crippen molar-refractivity contribution in [2.75, 3.05) is 5.32 Å². The van der Waals surface area contributed by atoms with Gasteiger partial charge in [0, 0.05) is 38.9 Å². The maximum atomic E-state index is 12.7. The number of anilines is 1. The summed E-state index contributed by atoms with van der Waals surface area (Å²) in [7, 11) is 0. The lowest BCUT2D eigenvalue weighted by molar-refractivity contribution is -0.112. The van der Waals surface area contributed by atoms with Crippen LogP contribution in [0.25, 0.3) is 17.0 Å². The van der Waals surface area contributed by atoms with Gasteiger partial charge in [0.25, 0.3) is 5.91 Å². The van der Waals surface area contributed by atoms with Gasteiger partial charge in [-0.2, -0.15) is 5.26 Å². The first kappa shape index (κ1) is 20.6. The Morgan fingerprint density at radius 3 is 2.42 bits per heavy atom. The smallest absolute Gasteiger partial charge is 0.266 e. The van der Waals surface area contributed by atoms with Crippen molar-refractivity contribution < 1.29 is 4.79 Å². The minimum Gasteiger partial charge on any atom is -0.340 e. The minimum atomic E-state index is -0.419. The van der Waals surface area contributed by atoms with Crippen molar-refractivity contribution in [3.63, 3.8) is 0 Å². The summed E-state index contributed by atoms with van der Waals surface area (Å²) in [5.41, 5.74) is 4.85. The first-order valence-corrected chi connectivity index (χ1v) is 10.7. The fraction of sp³-hybridized carbons (Fsp3) is 0.0769. The van der Waals surface area contributed by atoms with E-state index in [2.05, 4.69) is 50.1 Å². The second-order valence-corrected chi connectivity index (χ2v) is 8.13. The zero-order chi connectivity index (χ0) is 21.8. The quantitative estimate of drug-likeness (QED) is 0.275. The van der Waals surface area contributed by atoms with Crippen LogP contribution >= 0.6 is 15.9 Å². The molecule has 4 aromatic rings. The maximum Gasteiger partial charge on any atom is 0.266 e. The Labute approximate surface area is 189 Å². The Kier molecular flexibility index (Phi) is 6.01. The first-order valence-electron chi connectivity index (χ1n) is 9.87. The third-order valence-corrected chi connectivity index (χ3v) is 5.75. The molecule has 0 fully saturated rings. The molecule has 0 saturated carbocycles. The second kappa shape index (κ2) is 9.03. The zero-order valence-electron chi connectivity index (χ0n) is 17.0. The summed E-state index contributed by atoms with van der Waals surface area (Å²) in [6.07, 6.45) is 1.69. The van der Waals surface area contributed by atoms with Gasteiger partial charge in [0.15, 0.2) is 0 Å². The molecule has 0 aliphatic carbocycles. The summed E-state index contributed by atoms with van der Waals surface area (Å²) in [6, 6.07) is 27.5. The van der Waals surface area contributed by atoms with Crippen LogP contribution in [-0.4, -0.2) is 10.5 Å². The number of hydrogen-bond donors (Lipinski definition) is 1. The number of fused-ring (bicyclic) bond motifs is 1. The van der Waals surface area contributed by atoms with Crippen molar-refractivity contribution in [3.8, 4) is 6.07 Å². The van der Waals surface area contributed by atoms with E-state index in [4.69, 9.17) is 0 Å². The van der Waals surface area contributed by atoms with E-state index in [0.717, 1.165) is 26.6 Å². The third-order valence-electron chi connectivity index (χ3n) is 5.22. The van der Waals surface area contributed by atoms with E-state index < -0.39 is 5.91 Å². The SMILES string of the molecule is Cc1c(/C=C(/C#N)C(=O)Nc2ccccc2)c2ccccc2n1Cc1ccc(Br)cc1. The molecule has 1 N–H and O–H groups in total. The van der Waals surface area contributed by atoms with Crippen LogP contribution in [0.2, 0.25) is 0 Å². The number of carbonyl (C=O) groups is 1. The lowest BCUT2D eigenvalue weighted by Gasteiger charge is -2.09. The molecule has 0 bridgehead atoms. The largest absolute Gasteiger partial charge is 0.340 e. The van der Waals surface area contributed by atoms with E-state index in [0.29, 0.717) is 12.2 Å². The molecule has 3 aromatic carbocycles. The van der Waals surface area contributed by atoms with Gasteiger partial charge in [0.2, 0.25) is 0 Å². The molecule has 152 valence electrons. The van der Waals surface area contributed by atoms with Crippen molar-refractivity contribution in [1.82, 2.24) is 4.57 Å². The highest BCUT2D eigenvalue weighted by Crippen LogP contribution is 2.29. The number of amides is 1. The molecule has 1 amide bonds. The summed E-state index contributed by atoms with van der Waals surface area (Å²) in [6.45, 7) is 2.72. The predicted molar refractivity (Wildman–Crippen MR) is 129 cm³/mol. The molecule has 4 nitrogen and oxygen atoms in total. The zero-order valence-corrected chi connectivity index (χ0v) is 18.6. The van der Waals surface area contributed by atoms with Gasteiger partial charge in [-0.3, -0.25) is 4.79 Å². The van der Waals surface area contributed by atoms with Gasteiger partial charge in [0.1, 0.15) is 11.6 Å². The van der Waals surface area contributed by atoms with E-state index in [1.165, 1.54) is 5.56 Å². The van der Waals surface area contributed by atoms with Crippen LogP contribution in [0.4, 0.5) is 5.69 Å². The van der Waals surface area contributed by atoms with Crippen LogP contribution in [-0.2, 0) is 11.3 Å². The molecule has 0 aliphatic rings. The molecular weight excluding hydrogens is 450 g/mol. The Morgan fingerprint density at radius 2 is 1.71 bits per heavy atom. The standard InChI is InChI=1S/C26H20BrN3O/c1-18-24(15-20(16-28)26(31)29-22-7-3-2-4-8-22)23-9-5-6-10-25(23)30(18)17-19-11-13-21(27)14-12-19/h2-15H,17H2,1H3,(H,29,31)/b20-15-. The molecule has 1 heterocycles. The molecule has 0 atom stereocenters. The Bertz CT molecular complexity index is 1310. The molecule has 1 aromatic heterocycles. The molecule has 31 heavy (non-hydrogen) atoms. The normalized spacial score (nSPS) is 11.3. The first-order chi connectivity index (χ1) is 15.1. The van der Waals surface area contributed by atoms with Gasteiger partial charge in [-0.25, -0.2) is 0 Å². The van der Waals surface area contributed by atoms with Crippen molar-refractivity contribution >= 4 is 44.5 Å². The summed E-state index contributed by atoms with van der Waals surface area (Å²) < 4.78 is 3.26. The molecule has 0 aliphatic heterocycles. The van der Waals surface area contributed by atoms with Crippen molar-refractivity contribution in [2.45, 2.75) is 13.5 Å². The lowest BCUT2D eigenvalue weighted by atomic mass is 10.1. The number of nitrogens with one attached hydrogen (secondary N) is 1. The number of nitrogens with zero attached hydrogens (tertiary/aromatic N) is 2. The topological polar surface area (TPSA) is 57.8 Å². The minimum absolute atomic E-state index is 0.0681. The number of para-hydroxylation sites is 2. The highest BCUT2D eigenvalue weighted by molar-refractivity contribution is 9.10. The van der Waals surface area contributed by atoms with Crippen LogP contribution in [0, 0.1) is 18.3 Å². The summed E-state index contributed by atoms with van der Waals surface area (Å²) in [4.78, 5) is 12.7. The van der Waals surface area contributed by atoms with E-state index in [9.17, 15) is 10.1 Å². The van der Waals surface area contributed by atoms with Gasteiger partial charge >= 0.3 is 0 Å². The molecular formula is C26H20BrN3O. The van der Waals surface area contributed by atoms with Gasteiger partial charge in [-0.15, -0.1) is 0 Å². The molecule has 4 rings (SSSR count). The van der Waals surface area contributed by atoms with Crippen LogP contribution in [0.5, 0.6) is 0 Å². The highest BCUT2D eigenvalue weighted by atomic mass is 79.9. The van der Waals surface area contributed by atoms with E-state index in [1.807, 2.05) is 55.5 Å². The van der Waals surface area contributed by atoms with Crippen LogP contribution in [0.3, 0.4) is 0 Å². The Morgan fingerprint density at radius 1 is 1.03 bits per heavy atom. The fourth-order valence-corrected chi connectivity index (χ4v) is 3.89. The van der Waals surface area contributed by atoms with Gasteiger partial charge < -0.3 is 9.88 Å². The van der Waals surface area contributed by atoms with Crippen molar-refractivity contribution in [3.05, 3.63) is 106 Å². The summed E-state index contributed by atoms with van der Waals surface area (Å²) in [5.74, 6) is -0.419. The third kappa shape index (κ3) is 4.45. The van der Waals surface area contributed by atoms with Gasteiger partial charge in [0.05, 0.1) is 0 Å². The average Bonchev–Trinajstić information content (AvgIpc) is 3.05. The summed E-state index contributed by atoms with van der Waals surface area (Å²) in [5, 5.41) is 13.5. The van der Waals surface area contributed by atoms with Gasteiger partial charge in [-0.1, -0.05) is 64.5 Å². The average molecular weight is 470 g/mol. The number of nitriles is 1. The Balaban J connectivity index is 1.74. The summed E-state index contributed by atoms with van der Waals surface area (Å²) >= 11 is 3.48. The molecule has 0 saturated heterocycles. The number of halogens is 1. The fourth-order valence-electron chi connectivity index (χ4n) is 3.63. The van der Waals surface area contributed by atoms with Crippen LogP contribution in [0.1, 0.15) is 16.8 Å². The predicted octanol–water partition coefficient (Wildman–Crippen LogP) is 6.31. The monoisotopic (exact) mass is 469 g/mol. The molecule has 0 spiro atoms. The van der Waals surface area contributed by atoms with Gasteiger partial charge in [-0.05, 0) is 48.9 Å². The number of carbonyl (C=O) groups excluding carboxylic acids is 1. The van der Waals surface area contributed by atoms with E-state index in [1.54, 1.807) is 18.2 Å². The molecule has 5 heteroatoms. The molecule has 0 radical (unpaired) electrons. The van der Waals surface area contributed by atoms with Crippen LogP contribution in [0.15, 0.2) is 88.9 Å². The van der Waals surface area contributed by atoms with E-state index >= 15 is 0 Å². The number of benzene rings is 3. The second-order valence-electron chi connectivity index (χ2n) is 7.22.